The number of alkyl halides is 2. The monoisotopic (exact) mass is 360 g/mol. The van der Waals surface area contributed by atoms with E-state index in [1.54, 1.807) is 0 Å². The Morgan fingerprint density at radius 3 is 2.15 bits per heavy atom. The molecule has 1 N–H and O–H groups in total. The molecule has 0 saturated heterocycles. The highest BCUT2D eigenvalue weighted by Crippen LogP contribution is 2.75. The zero-order chi connectivity index (χ0) is 14.9. The predicted octanol–water partition coefficient (Wildman–Crippen LogP) is 3.42. The van der Waals surface area contributed by atoms with Crippen molar-refractivity contribution in [2.75, 3.05) is 14.2 Å². The zero-order valence-corrected chi connectivity index (χ0v) is 14.2. The summed E-state index contributed by atoms with van der Waals surface area (Å²) in [6, 6.07) is 0. The average molecular weight is 362 g/mol. The zero-order valence-electron chi connectivity index (χ0n) is 11.1. The molecule has 0 radical (unpaired) electrons. The summed E-state index contributed by atoms with van der Waals surface area (Å²) < 4.78 is 11.2. The van der Waals surface area contributed by atoms with Gasteiger partial charge in [-0.25, -0.2) is 0 Å². The van der Waals surface area contributed by atoms with E-state index in [2.05, 4.69) is 0 Å². The highest BCUT2D eigenvalue weighted by atomic mass is 35.5. The lowest BCUT2D eigenvalue weighted by Crippen LogP contribution is -2.58. The van der Waals surface area contributed by atoms with Crippen molar-refractivity contribution in [3.8, 4) is 0 Å². The van der Waals surface area contributed by atoms with Gasteiger partial charge in [0, 0.05) is 20.1 Å². The molecule has 114 valence electrons. The van der Waals surface area contributed by atoms with Crippen molar-refractivity contribution < 1.29 is 14.6 Å². The van der Waals surface area contributed by atoms with Crippen LogP contribution in [-0.2, 0) is 9.47 Å². The normalized spacial score (nSPS) is 49.6. The first-order valence-electron chi connectivity index (χ1n) is 6.55. The van der Waals surface area contributed by atoms with Crippen molar-refractivity contribution in [2.45, 2.75) is 40.9 Å². The maximum Gasteiger partial charge on any atom is 0.217 e. The van der Waals surface area contributed by atoms with Gasteiger partial charge in [-0.2, -0.15) is 0 Å². The standard InChI is InChI=1S/C13H16Cl4O3/c1-19-13(20-2)11(16)6-4-3-5-7(18)8(6)12(13,17)10(15)9(11)14/h6-8,18H,3-5H2,1-2H3/t6-,7+,8-,11-,12+/m1/s1. The van der Waals surface area contributed by atoms with Crippen LogP contribution in [0.5, 0.6) is 0 Å². The van der Waals surface area contributed by atoms with E-state index in [1.165, 1.54) is 14.2 Å². The van der Waals surface area contributed by atoms with Gasteiger partial charge >= 0.3 is 0 Å². The molecule has 3 nitrogen and oxygen atoms in total. The Morgan fingerprint density at radius 2 is 1.60 bits per heavy atom. The summed E-state index contributed by atoms with van der Waals surface area (Å²) in [5.74, 6) is -1.86. The molecule has 0 aromatic rings. The Kier molecular flexibility index (Phi) is 3.63. The van der Waals surface area contributed by atoms with Gasteiger partial charge in [-0.1, -0.05) is 29.6 Å². The molecular formula is C13H16Cl4O3. The Hall–Kier alpha value is 0.780. The van der Waals surface area contributed by atoms with Crippen LogP contribution in [0.25, 0.3) is 0 Å². The molecule has 0 heterocycles. The maximum absolute atomic E-state index is 10.4. The minimum atomic E-state index is -1.38. The van der Waals surface area contributed by atoms with E-state index in [4.69, 9.17) is 55.9 Å². The van der Waals surface area contributed by atoms with Crippen molar-refractivity contribution >= 4 is 46.4 Å². The second kappa shape index (κ2) is 4.64. The van der Waals surface area contributed by atoms with Gasteiger partial charge in [0.2, 0.25) is 5.79 Å². The lowest BCUT2D eigenvalue weighted by atomic mass is 9.71. The number of hydrogen-bond acceptors (Lipinski definition) is 3. The SMILES string of the molecule is COC1(OC)[C@@]2(Cl)C(Cl)=C(Cl)[C@]1(Cl)[C@@H]1CCC[C@H](O)[C@@H]12. The van der Waals surface area contributed by atoms with E-state index in [0.29, 0.717) is 6.42 Å². The van der Waals surface area contributed by atoms with Gasteiger partial charge in [-0.05, 0) is 18.8 Å². The average Bonchev–Trinajstić information content (AvgIpc) is 2.69. The van der Waals surface area contributed by atoms with Crippen LogP contribution in [-0.4, -0.2) is 41.0 Å². The van der Waals surface area contributed by atoms with Crippen molar-refractivity contribution in [3.63, 3.8) is 0 Å². The van der Waals surface area contributed by atoms with E-state index in [-0.39, 0.29) is 21.9 Å². The van der Waals surface area contributed by atoms with E-state index < -0.39 is 21.6 Å². The third kappa shape index (κ3) is 1.33. The van der Waals surface area contributed by atoms with Crippen LogP contribution in [0.3, 0.4) is 0 Å². The molecule has 3 aliphatic rings. The number of methoxy groups -OCH3 is 2. The molecule has 0 aliphatic heterocycles. The highest BCUT2D eigenvalue weighted by molar-refractivity contribution is 6.52. The summed E-state index contributed by atoms with van der Waals surface area (Å²) in [6.45, 7) is 0. The molecule has 2 bridgehead atoms. The highest BCUT2D eigenvalue weighted by Gasteiger charge is 2.85. The Morgan fingerprint density at radius 1 is 1.05 bits per heavy atom. The number of aliphatic hydroxyl groups excluding tert-OH is 1. The van der Waals surface area contributed by atoms with Crippen LogP contribution in [0.1, 0.15) is 19.3 Å². The summed E-state index contributed by atoms with van der Waals surface area (Å²) in [7, 11) is 2.95. The number of fused-ring (bicyclic) bond motifs is 5. The van der Waals surface area contributed by atoms with E-state index in [1.807, 2.05) is 0 Å². The number of halogens is 4. The molecule has 0 aromatic heterocycles. The summed E-state index contributed by atoms with van der Waals surface area (Å²) in [4.78, 5) is -2.43. The van der Waals surface area contributed by atoms with Gasteiger partial charge < -0.3 is 14.6 Å². The molecule has 2 fully saturated rings. The van der Waals surface area contributed by atoms with Crippen molar-refractivity contribution in [3.05, 3.63) is 10.1 Å². The van der Waals surface area contributed by atoms with Gasteiger partial charge in [-0.3, -0.25) is 0 Å². The van der Waals surface area contributed by atoms with E-state index in [0.717, 1.165) is 12.8 Å². The molecule has 0 amide bonds. The quantitative estimate of drug-likeness (QED) is 0.605. The smallest absolute Gasteiger partial charge is 0.217 e. The number of hydrogen-bond donors (Lipinski definition) is 1. The van der Waals surface area contributed by atoms with Crippen LogP contribution < -0.4 is 0 Å². The summed E-state index contributed by atoms with van der Waals surface area (Å²) in [6.07, 6.45) is 1.72. The lowest BCUT2D eigenvalue weighted by molar-refractivity contribution is -0.221. The summed E-state index contributed by atoms with van der Waals surface area (Å²) in [5.41, 5.74) is 0. The van der Waals surface area contributed by atoms with Crippen LogP contribution in [0.2, 0.25) is 0 Å². The third-order valence-electron chi connectivity index (χ3n) is 5.20. The van der Waals surface area contributed by atoms with Gasteiger partial charge in [0.25, 0.3) is 0 Å². The van der Waals surface area contributed by atoms with Crippen molar-refractivity contribution in [2.24, 2.45) is 11.8 Å². The Labute approximate surface area is 138 Å². The molecule has 7 heteroatoms. The first kappa shape index (κ1) is 15.7. The molecular weight excluding hydrogens is 346 g/mol. The summed E-state index contributed by atoms with van der Waals surface area (Å²) >= 11 is 26.5. The number of aliphatic hydroxyl groups is 1. The fourth-order valence-electron chi connectivity index (χ4n) is 4.49. The molecule has 0 unspecified atom stereocenters. The fourth-order valence-corrected chi connectivity index (χ4v) is 6.78. The topological polar surface area (TPSA) is 38.7 Å². The number of ether oxygens (including phenoxy) is 2. The lowest BCUT2D eigenvalue weighted by Gasteiger charge is -2.42. The van der Waals surface area contributed by atoms with Gasteiger partial charge in [-0.15, -0.1) is 23.2 Å². The molecule has 2 saturated carbocycles. The fraction of sp³-hybridized carbons (Fsp3) is 0.846. The maximum atomic E-state index is 10.4. The first-order valence-corrected chi connectivity index (χ1v) is 8.06. The van der Waals surface area contributed by atoms with Gasteiger partial charge in [0.05, 0.1) is 16.2 Å². The van der Waals surface area contributed by atoms with Gasteiger partial charge in [0.1, 0.15) is 9.75 Å². The molecule has 5 atom stereocenters. The minimum Gasteiger partial charge on any atom is -0.393 e. The second-order valence-electron chi connectivity index (χ2n) is 5.71. The van der Waals surface area contributed by atoms with Gasteiger partial charge in [0.15, 0.2) is 0 Å². The number of rotatable bonds is 2. The van der Waals surface area contributed by atoms with Crippen molar-refractivity contribution in [1.82, 2.24) is 0 Å². The molecule has 0 aromatic carbocycles. The molecule has 3 rings (SSSR count). The van der Waals surface area contributed by atoms with Crippen LogP contribution >= 0.6 is 46.4 Å². The minimum absolute atomic E-state index is 0.139. The Balaban J connectivity index is 2.29. The predicted molar refractivity (Wildman–Crippen MR) is 79.5 cm³/mol. The van der Waals surface area contributed by atoms with E-state index >= 15 is 0 Å². The summed E-state index contributed by atoms with van der Waals surface area (Å²) in [5, 5.41) is 10.9. The van der Waals surface area contributed by atoms with Crippen molar-refractivity contribution in [1.29, 1.82) is 0 Å². The van der Waals surface area contributed by atoms with Crippen LogP contribution in [0.4, 0.5) is 0 Å². The molecule has 3 aliphatic carbocycles. The van der Waals surface area contributed by atoms with Crippen LogP contribution in [0, 0.1) is 11.8 Å². The molecule has 20 heavy (non-hydrogen) atoms. The molecule has 0 spiro atoms. The largest absolute Gasteiger partial charge is 0.393 e. The Bertz CT molecular complexity index is 478. The first-order chi connectivity index (χ1) is 9.32. The second-order valence-corrected chi connectivity index (χ2v) is 7.66. The van der Waals surface area contributed by atoms with E-state index in [9.17, 15) is 5.11 Å². The third-order valence-corrected chi connectivity index (χ3v) is 7.87. The van der Waals surface area contributed by atoms with Crippen LogP contribution in [0.15, 0.2) is 10.1 Å².